The first-order valence-corrected chi connectivity index (χ1v) is 21.2. The molecule has 0 radical (unpaired) electrons. The van der Waals surface area contributed by atoms with Crippen molar-refractivity contribution in [3.63, 3.8) is 0 Å². The maximum absolute atomic E-state index is 2.38. The van der Waals surface area contributed by atoms with Crippen LogP contribution in [0.1, 0.15) is 4.88 Å². The molecule has 0 saturated heterocycles. The number of hydrogen-bond acceptors (Lipinski definition) is 3. The van der Waals surface area contributed by atoms with Gasteiger partial charge in [-0.2, -0.15) is 0 Å². The molecule has 60 heavy (non-hydrogen) atoms. The van der Waals surface area contributed by atoms with E-state index in [0.29, 0.717) is 0 Å². The van der Waals surface area contributed by atoms with E-state index in [9.17, 15) is 0 Å². The molecule has 0 fully saturated rings. The van der Waals surface area contributed by atoms with Crippen LogP contribution >= 0.6 is 11.3 Å². The highest BCUT2D eigenvalue weighted by atomic mass is 32.1. The molecule has 0 saturated carbocycles. The zero-order valence-corrected chi connectivity index (χ0v) is 34.1. The Bertz CT molecular complexity index is 2900. The Morgan fingerprint density at radius 2 is 0.650 bits per heavy atom. The van der Waals surface area contributed by atoms with Gasteiger partial charge in [-0.25, -0.2) is 0 Å². The summed E-state index contributed by atoms with van der Waals surface area (Å²) >= 11 is 1.83. The van der Waals surface area contributed by atoms with E-state index in [2.05, 4.69) is 253 Å². The third-order valence-corrected chi connectivity index (χ3v) is 12.3. The van der Waals surface area contributed by atoms with Crippen molar-refractivity contribution in [1.82, 2.24) is 0 Å². The Kier molecular flexibility index (Phi) is 10.1. The molecule has 0 aliphatic rings. The second kappa shape index (κ2) is 16.4. The van der Waals surface area contributed by atoms with Crippen LogP contribution in [0.2, 0.25) is 0 Å². The summed E-state index contributed by atoms with van der Waals surface area (Å²) in [5, 5.41) is 2.43. The van der Waals surface area contributed by atoms with Crippen LogP contribution in [-0.2, 0) is 0 Å². The summed E-state index contributed by atoms with van der Waals surface area (Å²) in [5.74, 6) is 0. The first-order valence-electron chi connectivity index (χ1n) is 20.4. The fraction of sp³-hybridized carbons (Fsp3) is 0.0175. The van der Waals surface area contributed by atoms with E-state index in [4.69, 9.17) is 0 Å². The zero-order chi connectivity index (χ0) is 40.3. The van der Waals surface area contributed by atoms with E-state index in [1.54, 1.807) is 0 Å². The Labute approximate surface area is 356 Å². The molecule has 0 unspecified atom stereocenters. The minimum absolute atomic E-state index is 1.10. The van der Waals surface area contributed by atoms with Gasteiger partial charge in [0.15, 0.2) is 0 Å². The largest absolute Gasteiger partial charge is 0.311 e. The molecular weight excluding hydrogens is 745 g/mol. The first kappa shape index (κ1) is 36.9. The van der Waals surface area contributed by atoms with Crippen molar-refractivity contribution < 1.29 is 0 Å². The minimum Gasteiger partial charge on any atom is -0.311 e. The predicted octanol–water partition coefficient (Wildman–Crippen LogP) is 16.8. The SMILES string of the molecule is Cc1ccc(-c2ccc(N(c3ccc(-c4ccc(N(c5ccc(-c6ccccc6)cc5)c5ccc(-c6ccccc6)cc5)cc4)cc3)c3cccc4ccccc34)cc2)s1. The summed E-state index contributed by atoms with van der Waals surface area (Å²) in [5.41, 5.74) is 15.1. The molecular formula is C57H42N2S. The third-order valence-electron chi connectivity index (χ3n) is 11.2. The summed E-state index contributed by atoms with van der Waals surface area (Å²) in [6.07, 6.45) is 0. The normalized spacial score (nSPS) is 11.1. The lowest BCUT2D eigenvalue weighted by molar-refractivity contribution is 1.28. The highest BCUT2D eigenvalue weighted by Crippen LogP contribution is 2.42. The number of aryl methyl sites for hydroxylation is 1. The highest BCUT2D eigenvalue weighted by molar-refractivity contribution is 7.15. The van der Waals surface area contributed by atoms with Crippen LogP contribution in [0.25, 0.3) is 54.6 Å². The van der Waals surface area contributed by atoms with E-state index in [1.807, 2.05) is 11.3 Å². The molecule has 286 valence electrons. The quantitative estimate of drug-likeness (QED) is 0.136. The van der Waals surface area contributed by atoms with Crippen molar-refractivity contribution in [2.45, 2.75) is 6.92 Å². The second-order valence-corrected chi connectivity index (χ2v) is 16.3. The van der Waals surface area contributed by atoms with Crippen molar-refractivity contribution in [2.24, 2.45) is 0 Å². The lowest BCUT2D eigenvalue weighted by atomic mass is 10.0. The van der Waals surface area contributed by atoms with Crippen LogP contribution in [0.3, 0.4) is 0 Å². The number of thiophene rings is 1. The van der Waals surface area contributed by atoms with Gasteiger partial charge in [0.1, 0.15) is 0 Å². The van der Waals surface area contributed by atoms with Gasteiger partial charge in [-0.05, 0) is 130 Å². The summed E-state index contributed by atoms with van der Waals surface area (Å²) in [6.45, 7) is 2.16. The van der Waals surface area contributed by atoms with Gasteiger partial charge in [0.25, 0.3) is 0 Å². The second-order valence-electron chi connectivity index (χ2n) is 15.0. The Hall–Kier alpha value is -7.46. The van der Waals surface area contributed by atoms with Gasteiger partial charge >= 0.3 is 0 Å². The van der Waals surface area contributed by atoms with Crippen molar-refractivity contribution in [3.8, 4) is 43.8 Å². The van der Waals surface area contributed by atoms with Crippen LogP contribution in [-0.4, -0.2) is 0 Å². The van der Waals surface area contributed by atoms with E-state index in [1.165, 1.54) is 48.3 Å². The van der Waals surface area contributed by atoms with Crippen LogP contribution < -0.4 is 9.80 Å². The maximum atomic E-state index is 2.38. The van der Waals surface area contributed by atoms with Crippen LogP contribution in [0.5, 0.6) is 0 Å². The monoisotopic (exact) mass is 786 g/mol. The molecule has 0 amide bonds. The number of benzene rings is 9. The average molecular weight is 787 g/mol. The number of fused-ring (bicyclic) bond motifs is 1. The van der Waals surface area contributed by atoms with Gasteiger partial charge < -0.3 is 9.80 Å². The fourth-order valence-corrected chi connectivity index (χ4v) is 8.99. The van der Waals surface area contributed by atoms with Gasteiger partial charge in [-0.15, -0.1) is 11.3 Å². The Morgan fingerprint density at radius 3 is 1.08 bits per heavy atom. The molecule has 2 nitrogen and oxygen atoms in total. The maximum Gasteiger partial charge on any atom is 0.0540 e. The molecule has 0 spiro atoms. The van der Waals surface area contributed by atoms with Crippen molar-refractivity contribution in [1.29, 1.82) is 0 Å². The third kappa shape index (κ3) is 7.51. The standard InChI is InChI=1S/C57H42N2S/c1-41-19-40-57(60-41)49-28-38-54(39-29-49)59(56-18-10-16-48-15-8-9-17-55(48)56)53-36-26-47(27-37-53)46-24-34-52(35-25-46)58(50-30-20-44(21-31-50)42-11-4-2-5-12-42)51-32-22-45(23-33-51)43-13-6-3-7-14-43/h2-40H,1H3. The summed E-state index contributed by atoms with van der Waals surface area (Å²) < 4.78 is 0. The van der Waals surface area contributed by atoms with E-state index < -0.39 is 0 Å². The first-order chi connectivity index (χ1) is 29.6. The van der Waals surface area contributed by atoms with Gasteiger partial charge in [0.2, 0.25) is 0 Å². The van der Waals surface area contributed by atoms with Crippen molar-refractivity contribution in [3.05, 3.63) is 241 Å². The smallest absolute Gasteiger partial charge is 0.0540 e. The minimum atomic E-state index is 1.10. The van der Waals surface area contributed by atoms with Crippen LogP contribution in [0.15, 0.2) is 237 Å². The number of nitrogens with zero attached hydrogens (tertiary/aromatic N) is 2. The van der Waals surface area contributed by atoms with Gasteiger partial charge in [0.05, 0.1) is 5.69 Å². The molecule has 1 heterocycles. The van der Waals surface area contributed by atoms with Gasteiger partial charge in [-0.3, -0.25) is 0 Å². The van der Waals surface area contributed by atoms with Crippen LogP contribution in [0, 0.1) is 6.92 Å². The van der Waals surface area contributed by atoms with Crippen LogP contribution in [0.4, 0.5) is 34.1 Å². The van der Waals surface area contributed by atoms with Crippen molar-refractivity contribution >= 4 is 56.2 Å². The molecule has 0 atom stereocenters. The lowest BCUT2D eigenvalue weighted by Gasteiger charge is -2.27. The average Bonchev–Trinajstić information content (AvgIpc) is 3.77. The molecule has 10 rings (SSSR count). The number of rotatable bonds is 10. The number of anilines is 6. The van der Waals surface area contributed by atoms with E-state index in [-0.39, 0.29) is 0 Å². The lowest BCUT2D eigenvalue weighted by Crippen LogP contribution is -2.10. The molecule has 1 aromatic heterocycles. The van der Waals surface area contributed by atoms with E-state index in [0.717, 1.165) is 45.3 Å². The summed E-state index contributed by atoms with van der Waals surface area (Å²) in [6, 6.07) is 85.4. The molecule has 0 aliphatic heterocycles. The topological polar surface area (TPSA) is 6.48 Å². The molecule has 10 aromatic rings. The Morgan fingerprint density at radius 1 is 0.283 bits per heavy atom. The summed E-state index contributed by atoms with van der Waals surface area (Å²) in [7, 11) is 0. The molecule has 0 bridgehead atoms. The van der Waals surface area contributed by atoms with Crippen molar-refractivity contribution in [2.75, 3.05) is 9.80 Å². The van der Waals surface area contributed by atoms with Gasteiger partial charge in [-0.1, -0.05) is 158 Å². The van der Waals surface area contributed by atoms with Gasteiger partial charge in [0, 0.05) is 43.6 Å². The Balaban J connectivity index is 0.979. The molecule has 3 heteroatoms. The molecule has 0 aliphatic carbocycles. The molecule has 9 aromatic carbocycles. The predicted molar refractivity (Wildman–Crippen MR) is 258 cm³/mol. The zero-order valence-electron chi connectivity index (χ0n) is 33.3. The van der Waals surface area contributed by atoms with E-state index >= 15 is 0 Å². The number of hydrogen-bond donors (Lipinski definition) is 0. The highest BCUT2D eigenvalue weighted by Gasteiger charge is 2.17. The fourth-order valence-electron chi connectivity index (χ4n) is 8.12. The molecule has 0 N–H and O–H groups in total. The summed E-state index contributed by atoms with van der Waals surface area (Å²) in [4.78, 5) is 7.32.